The summed E-state index contributed by atoms with van der Waals surface area (Å²) in [6.07, 6.45) is 3.57. The lowest BCUT2D eigenvalue weighted by molar-refractivity contribution is -0.120. The van der Waals surface area contributed by atoms with Gasteiger partial charge < -0.3 is 10.1 Å². The molecule has 3 heteroatoms. The fourth-order valence-electron chi connectivity index (χ4n) is 2.43. The third-order valence-corrected chi connectivity index (χ3v) is 3.86. The summed E-state index contributed by atoms with van der Waals surface area (Å²) >= 11 is 0. The molecule has 1 N–H and O–H groups in total. The van der Waals surface area contributed by atoms with E-state index in [1.54, 1.807) is 7.11 Å². The average Bonchev–Trinajstić information content (AvgIpc) is 2.57. The maximum atomic E-state index is 11.9. The van der Waals surface area contributed by atoms with Crippen molar-refractivity contribution in [1.29, 1.82) is 0 Å². The van der Waals surface area contributed by atoms with Crippen LogP contribution in [0.25, 0.3) is 0 Å². The van der Waals surface area contributed by atoms with Crippen LogP contribution in [-0.4, -0.2) is 19.6 Å². The zero-order valence-corrected chi connectivity index (χ0v) is 14.0. The standard InChI is InChI=1S/C20H25NO2/c1-16-6-8-17(9-7-16)5-3-4-14-21-20(22)15-18-10-12-19(23-2)13-11-18/h6-13H,3-5,14-15H2,1-2H3,(H,21,22). The van der Waals surface area contributed by atoms with Gasteiger partial charge in [-0.2, -0.15) is 0 Å². The second-order valence-electron chi connectivity index (χ2n) is 5.82. The summed E-state index contributed by atoms with van der Waals surface area (Å²) in [5.74, 6) is 0.885. The number of carbonyl (C=O) groups excluding carboxylic acids is 1. The predicted molar refractivity (Wildman–Crippen MR) is 93.8 cm³/mol. The number of ether oxygens (including phenoxy) is 1. The number of aryl methyl sites for hydroxylation is 2. The van der Waals surface area contributed by atoms with Gasteiger partial charge in [0.1, 0.15) is 5.75 Å². The molecule has 0 bridgehead atoms. The highest BCUT2D eigenvalue weighted by molar-refractivity contribution is 5.78. The lowest BCUT2D eigenvalue weighted by Gasteiger charge is -2.06. The van der Waals surface area contributed by atoms with E-state index >= 15 is 0 Å². The number of rotatable bonds is 8. The van der Waals surface area contributed by atoms with Crippen LogP contribution in [0.2, 0.25) is 0 Å². The van der Waals surface area contributed by atoms with Gasteiger partial charge in [-0.15, -0.1) is 0 Å². The largest absolute Gasteiger partial charge is 0.497 e. The second kappa shape index (κ2) is 8.99. The number of methoxy groups -OCH3 is 1. The molecule has 2 rings (SSSR count). The van der Waals surface area contributed by atoms with Crippen LogP contribution in [0.5, 0.6) is 5.75 Å². The molecule has 1 amide bonds. The third kappa shape index (κ3) is 6.15. The first kappa shape index (κ1) is 17.1. The van der Waals surface area contributed by atoms with Gasteiger partial charge in [-0.1, -0.05) is 42.0 Å². The van der Waals surface area contributed by atoms with Crippen molar-refractivity contribution < 1.29 is 9.53 Å². The van der Waals surface area contributed by atoms with Crippen LogP contribution in [0.1, 0.15) is 29.5 Å². The highest BCUT2D eigenvalue weighted by atomic mass is 16.5. The Kier molecular flexibility index (Phi) is 6.67. The Bertz CT molecular complexity index is 603. The summed E-state index contributed by atoms with van der Waals surface area (Å²) in [6, 6.07) is 16.3. The number of hydrogen-bond acceptors (Lipinski definition) is 2. The first-order chi connectivity index (χ1) is 11.2. The van der Waals surface area contributed by atoms with Crippen LogP contribution in [0.4, 0.5) is 0 Å². The van der Waals surface area contributed by atoms with E-state index < -0.39 is 0 Å². The number of hydrogen-bond donors (Lipinski definition) is 1. The van der Waals surface area contributed by atoms with Crippen molar-refractivity contribution in [3.05, 3.63) is 65.2 Å². The Hall–Kier alpha value is -2.29. The minimum Gasteiger partial charge on any atom is -0.497 e. The van der Waals surface area contributed by atoms with E-state index in [1.807, 2.05) is 24.3 Å². The molecule has 0 spiro atoms. The van der Waals surface area contributed by atoms with Crippen LogP contribution in [0, 0.1) is 6.92 Å². The number of nitrogens with one attached hydrogen (secondary N) is 1. The van der Waals surface area contributed by atoms with Gasteiger partial charge in [-0.05, 0) is 49.4 Å². The molecule has 3 nitrogen and oxygen atoms in total. The van der Waals surface area contributed by atoms with Crippen LogP contribution in [0.15, 0.2) is 48.5 Å². The molecule has 2 aromatic rings. The SMILES string of the molecule is COc1ccc(CC(=O)NCCCCc2ccc(C)cc2)cc1. The molecule has 0 heterocycles. The van der Waals surface area contributed by atoms with Gasteiger partial charge in [0.2, 0.25) is 5.91 Å². The highest BCUT2D eigenvalue weighted by Gasteiger charge is 2.03. The van der Waals surface area contributed by atoms with Gasteiger partial charge in [-0.3, -0.25) is 4.79 Å². The monoisotopic (exact) mass is 311 g/mol. The van der Waals surface area contributed by atoms with Crippen LogP contribution < -0.4 is 10.1 Å². The summed E-state index contributed by atoms with van der Waals surface area (Å²) in [5.41, 5.74) is 3.66. The Morgan fingerprint density at radius 1 is 0.957 bits per heavy atom. The first-order valence-electron chi connectivity index (χ1n) is 8.12. The highest BCUT2D eigenvalue weighted by Crippen LogP contribution is 2.11. The topological polar surface area (TPSA) is 38.3 Å². The zero-order valence-electron chi connectivity index (χ0n) is 14.0. The summed E-state index contributed by atoms with van der Waals surface area (Å²) in [4.78, 5) is 11.9. The average molecular weight is 311 g/mol. The van der Waals surface area contributed by atoms with Crippen molar-refractivity contribution in [1.82, 2.24) is 5.32 Å². The number of amides is 1. The van der Waals surface area contributed by atoms with Crippen molar-refractivity contribution in [3.63, 3.8) is 0 Å². The molecule has 0 fully saturated rings. The molecule has 122 valence electrons. The van der Waals surface area contributed by atoms with Crippen molar-refractivity contribution in [2.75, 3.05) is 13.7 Å². The van der Waals surface area contributed by atoms with Crippen LogP contribution in [-0.2, 0) is 17.6 Å². The van der Waals surface area contributed by atoms with E-state index in [1.165, 1.54) is 11.1 Å². The van der Waals surface area contributed by atoms with Crippen molar-refractivity contribution in [3.8, 4) is 5.75 Å². The summed E-state index contributed by atoms with van der Waals surface area (Å²) in [6.45, 7) is 2.84. The van der Waals surface area contributed by atoms with E-state index in [-0.39, 0.29) is 5.91 Å². The van der Waals surface area contributed by atoms with Gasteiger partial charge in [0, 0.05) is 6.54 Å². The summed E-state index contributed by atoms with van der Waals surface area (Å²) < 4.78 is 5.11. The van der Waals surface area contributed by atoms with Crippen molar-refractivity contribution in [2.24, 2.45) is 0 Å². The Morgan fingerprint density at radius 2 is 1.61 bits per heavy atom. The van der Waals surface area contributed by atoms with Gasteiger partial charge in [0.15, 0.2) is 0 Å². The maximum absolute atomic E-state index is 11.9. The molecule has 0 saturated heterocycles. The molecule has 0 aliphatic heterocycles. The van der Waals surface area contributed by atoms with Gasteiger partial charge in [0.25, 0.3) is 0 Å². The summed E-state index contributed by atoms with van der Waals surface area (Å²) in [7, 11) is 1.64. The summed E-state index contributed by atoms with van der Waals surface area (Å²) in [5, 5.41) is 2.98. The van der Waals surface area contributed by atoms with E-state index in [2.05, 4.69) is 36.5 Å². The molecule has 0 atom stereocenters. The second-order valence-corrected chi connectivity index (χ2v) is 5.82. The molecule has 0 unspecified atom stereocenters. The minimum absolute atomic E-state index is 0.0745. The Balaban J connectivity index is 1.61. The normalized spacial score (nSPS) is 10.3. The fraction of sp³-hybridized carbons (Fsp3) is 0.350. The maximum Gasteiger partial charge on any atom is 0.224 e. The minimum atomic E-state index is 0.0745. The molecule has 0 aromatic heterocycles. The van der Waals surface area contributed by atoms with Gasteiger partial charge >= 0.3 is 0 Å². The number of benzene rings is 2. The lowest BCUT2D eigenvalue weighted by atomic mass is 10.1. The lowest BCUT2D eigenvalue weighted by Crippen LogP contribution is -2.26. The quantitative estimate of drug-likeness (QED) is 0.755. The Labute approximate surface area is 138 Å². The molecule has 2 aromatic carbocycles. The zero-order chi connectivity index (χ0) is 16.5. The number of unbranched alkanes of at least 4 members (excludes halogenated alkanes) is 1. The van der Waals surface area contributed by atoms with Crippen molar-refractivity contribution in [2.45, 2.75) is 32.6 Å². The van der Waals surface area contributed by atoms with E-state index in [9.17, 15) is 4.79 Å². The Morgan fingerprint density at radius 3 is 2.26 bits per heavy atom. The molecular formula is C20H25NO2. The molecule has 0 aliphatic carbocycles. The predicted octanol–water partition coefficient (Wildman–Crippen LogP) is 3.69. The number of carbonyl (C=O) groups is 1. The molecular weight excluding hydrogens is 286 g/mol. The first-order valence-corrected chi connectivity index (χ1v) is 8.12. The van der Waals surface area contributed by atoms with E-state index in [4.69, 9.17) is 4.74 Å². The van der Waals surface area contributed by atoms with E-state index in [0.717, 1.165) is 37.1 Å². The molecule has 0 aliphatic rings. The molecule has 0 radical (unpaired) electrons. The smallest absolute Gasteiger partial charge is 0.224 e. The van der Waals surface area contributed by atoms with Crippen molar-refractivity contribution >= 4 is 5.91 Å². The van der Waals surface area contributed by atoms with E-state index in [0.29, 0.717) is 6.42 Å². The van der Waals surface area contributed by atoms with Gasteiger partial charge in [0.05, 0.1) is 13.5 Å². The van der Waals surface area contributed by atoms with Crippen LogP contribution >= 0.6 is 0 Å². The third-order valence-electron chi connectivity index (χ3n) is 3.86. The molecule has 23 heavy (non-hydrogen) atoms. The molecule has 0 saturated carbocycles. The van der Waals surface area contributed by atoms with Crippen LogP contribution in [0.3, 0.4) is 0 Å². The van der Waals surface area contributed by atoms with Gasteiger partial charge in [-0.25, -0.2) is 0 Å². The fourth-order valence-corrected chi connectivity index (χ4v) is 2.43.